The first-order chi connectivity index (χ1) is 11.6. The monoisotopic (exact) mass is 330 g/mol. The lowest BCUT2D eigenvalue weighted by molar-refractivity contribution is 0.0930. The minimum atomic E-state index is -0.535. The summed E-state index contributed by atoms with van der Waals surface area (Å²) >= 11 is 0. The zero-order valence-electron chi connectivity index (χ0n) is 13.5. The average molecular weight is 330 g/mol. The topological polar surface area (TPSA) is 99.8 Å². The molecule has 1 fully saturated rings. The van der Waals surface area contributed by atoms with Gasteiger partial charge in [-0.05, 0) is 37.1 Å². The zero-order valence-corrected chi connectivity index (χ0v) is 13.5. The lowest BCUT2D eigenvalue weighted by Crippen LogP contribution is -2.35. The van der Waals surface area contributed by atoms with E-state index in [1.165, 1.54) is 19.3 Å². The summed E-state index contributed by atoms with van der Waals surface area (Å²) in [7, 11) is 0. The van der Waals surface area contributed by atoms with Crippen molar-refractivity contribution < 1.29 is 4.79 Å². The third kappa shape index (κ3) is 3.67. The number of carbonyl (C=O) groups is 1. The van der Waals surface area contributed by atoms with Crippen molar-refractivity contribution >= 4 is 5.91 Å². The number of nitrogens with one attached hydrogen (secondary N) is 3. The van der Waals surface area contributed by atoms with Gasteiger partial charge >= 0.3 is 11.4 Å². The van der Waals surface area contributed by atoms with Crippen molar-refractivity contribution in [3.05, 3.63) is 50.8 Å². The molecule has 0 aliphatic heterocycles. The molecule has 0 saturated heterocycles. The van der Waals surface area contributed by atoms with Crippen LogP contribution < -0.4 is 16.7 Å². The van der Waals surface area contributed by atoms with Crippen molar-refractivity contribution in [3.8, 4) is 5.69 Å². The molecular formula is C17H22N4O3. The smallest absolute Gasteiger partial charge is 0.348 e. The summed E-state index contributed by atoms with van der Waals surface area (Å²) in [5.74, 6) is -0.109. The first-order valence-corrected chi connectivity index (χ1v) is 8.46. The van der Waals surface area contributed by atoms with Gasteiger partial charge in [0.05, 0.1) is 5.69 Å². The molecule has 1 amide bonds. The van der Waals surface area contributed by atoms with E-state index >= 15 is 0 Å². The predicted octanol–water partition coefficient (Wildman–Crippen LogP) is 1.70. The van der Waals surface area contributed by atoms with Crippen LogP contribution in [0.25, 0.3) is 5.69 Å². The molecule has 7 heteroatoms. The highest BCUT2D eigenvalue weighted by Gasteiger charge is 2.15. The Balaban J connectivity index is 1.69. The van der Waals surface area contributed by atoms with Gasteiger partial charge in [-0.3, -0.25) is 4.79 Å². The summed E-state index contributed by atoms with van der Waals surface area (Å²) < 4.78 is 0.983. The lowest BCUT2D eigenvalue weighted by atomic mass is 9.96. The van der Waals surface area contributed by atoms with Crippen LogP contribution in [0.4, 0.5) is 0 Å². The molecule has 1 aliphatic rings. The van der Waals surface area contributed by atoms with Crippen LogP contribution >= 0.6 is 0 Å². The second-order valence-electron chi connectivity index (χ2n) is 6.26. The summed E-state index contributed by atoms with van der Waals surface area (Å²) in [5.41, 5.74) is -0.121. The van der Waals surface area contributed by atoms with E-state index in [0.717, 1.165) is 30.3 Å². The maximum Gasteiger partial charge on any atom is 0.348 e. The van der Waals surface area contributed by atoms with Gasteiger partial charge in [0.2, 0.25) is 0 Å². The normalized spacial score (nSPS) is 16.3. The molecule has 3 N–H and O–H groups in total. The minimum absolute atomic E-state index is 0.109. The summed E-state index contributed by atoms with van der Waals surface area (Å²) in [5, 5.41) is 7.56. The Labute approximate surface area is 139 Å². The molecule has 1 aromatic heterocycles. The van der Waals surface area contributed by atoms with Gasteiger partial charge in [0.15, 0.2) is 0 Å². The zero-order chi connectivity index (χ0) is 16.9. The quantitative estimate of drug-likeness (QED) is 0.798. The predicted molar refractivity (Wildman–Crippen MR) is 90.6 cm³/mol. The maximum absolute atomic E-state index is 12.4. The number of amides is 1. The van der Waals surface area contributed by atoms with Crippen LogP contribution in [0, 0.1) is 0 Å². The largest absolute Gasteiger partial charge is 0.349 e. The van der Waals surface area contributed by atoms with Crippen LogP contribution in [0.2, 0.25) is 0 Å². The fraction of sp³-hybridized carbons (Fsp3) is 0.471. The van der Waals surface area contributed by atoms with E-state index in [9.17, 15) is 14.4 Å². The average Bonchev–Trinajstić information content (AvgIpc) is 2.89. The van der Waals surface area contributed by atoms with Gasteiger partial charge in [-0.25, -0.2) is 24.4 Å². The van der Waals surface area contributed by atoms with Crippen molar-refractivity contribution in [2.24, 2.45) is 0 Å². The van der Waals surface area contributed by atoms with E-state index in [1.54, 1.807) is 24.3 Å². The highest BCUT2D eigenvalue weighted by Crippen LogP contribution is 2.17. The molecule has 0 radical (unpaired) electrons. The Morgan fingerprint density at radius 2 is 1.46 bits per heavy atom. The Morgan fingerprint density at radius 1 is 0.917 bits per heavy atom. The number of aromatic amines is 2. The van der Waals surface area contributed by atoms with Crippen LogP contribution in [-0.4, -0.2) is 26.7 Å². The summed E-state index contributed by atoms with van der Waals surface area (Å²) in [6, 6.07) is 6.68. The van der Waals surface area contributed by atoms with E-state index in [4.69, 9.17) is 0 Å². The van der Waals surface area contributed by atoms with Gasteiger partial charge in [-0.2, -0.15) is 0 Å². The molecule has 3 rings (SSSR count). The van der Waals surface area contributed by atoms with E-state index in [-0.39, 0.29) is 11.9 Å². The van der Waals surface area contributed by atoms with Gasteiger partial charge < -0.3 is 5.32 Å². The summed E-state index contributed by atoms with van der Waals surface area (Å²) in [6.45, 7) is 0. The molecule has 1 aromatic carbocycles. The van der Waals surface area contributed by atoms with Gasteiger partial charge in [-0.15, -0.1) is 0 Å². The van der Waals surface area contributed by atoms with Gasteiger partial charge in [0, 0.05) is 11.6 Å². The fourth-order valence-electron chi connectivity index (χ4n) is 3.18. The first-order valence-electron chi connectivity index (χ1n) is 8.46. The number of hydrogen-bond acceptors (Lipinski definition) is 3. The van der Waals surface area contributed by atoms with E-state index < -0.39 is 11.4 Å². The number of nitrogens with zero attached hydrogens (tertiary/aromatic N) is 1. The molecule has 7 nitrogen and oxygen atoms in total. The Morgan fingerprint density at radius 3 is 2.04 bits per heavy atom. The molecule has 1 heterocycles. The number of rotatable bonds is 3. The second-order valence-corrected chi connectivity index (χ2v) is 6.26. The van der Waals surface area contributed by atoms with Gasteiger partial charge in [0.25, 0.3) is 5.91 Å². The van der Waals surface area contributed by atoms with Crippen molar-refractivity contribution in [2.75, 3.05) is 0 Å². The second kappa shape index (κ2) is 7.33. The SMILES string of the molecule is O=C(NC1CCCCCCC1)c1ccc(-n2c(=O)[nH][nH]c2=O)cc1. The molecule has 128 valence electrons. The number of benzene rings is 1. The highest BCUT2D eigenvalue weighted by atomic mass is 16.2. The lowest BCUT2D eigenvalue weighted by Gasteiger charge is -2.21. The summed E-state index contributed by atoms with van der Waals surface area (Å²) in [4.78, 5) is 35.5. The summed E-state index contributed by atoms with van der Waals surface area (Å²) in [6.07, 6.45) is 8.13. The number of hydrogen-bond donors (Lipinski definition) is 3. The minimum Gasteiger partial charge on any atom is -0.349 e. The Hall–Kier alpha value is -2.57. The Kier molecular flexibility index (Phi) is 4.98. The molecule has 0 spiro atoms. The van der Waals surface area contributed by atoms with Crippen molar-refractivity contribution in [1.82, 2.24) is 20.1 Å². The fourth-order valence-corrected chi connectivity index (χ4v) is 3.18. The molecule has 0 atom stereocenters. The van der Waals surface area contributed by atoms with Crippen molar-refractivity contribution in [1.29, 1.82) is 0 Å². The van der Waals surface area contributed by atoms with Gasteiger partial charge in [0.1, 0.15) is 0 Å². The van der Waals surface area contributed by atoms with E-state index in [0.29, 0.717) is 11.3 Å². The maximum atomic E-state index is 12.4. The van der Waals surface area contributed by atoms with E-state index in [2.05, 4.69) is 15.5 Å². The number of H-pyrrole nitrogens is 2. The van der Waals surface area contributed by atoms with Crippen molar-refractivity contribution in [2.45, 2.75) is 51.0 Å². The van der Waals surface area contributed by atoms with Crippen LogP contribution in [0.3, 0.4) is 0 Å². The van der Waals surface area contributed by atoms with Crippen LogP contribution in [0.5, 0.6) is 0 Å². The molecule has 24 heavy (non-hydrogen) atoms. The molecule has 0 unspecified atom stereocenters. The highest BCUT2D eigenvalue weighted by molar-refractivity contribution is 5.94. The molecule has 0 bridgehead atoms. The molecule has 2 aromatic rings. The van der Waals surface area contributed by atoms with Gasteiger partial charge in [-0.1, -0.05) is 32.1 Å². The first kappa shape index (κ1) is 16.3. The van der Waals surface area contributed by atoms with Crippen LogP contribution in [0.1, 0.15) is 55.3 Å². The molecular weight excluding hydrogens is 308 g/mol. The third-order valence-electron chi connectivity index (χ3n) is 4.51. The molecule has 1 aliphatic carbocycles. The Bertz CT molecular complexity index is 765. The van der Waals surface area contributed by atoms with E-state index in [1.807, 2.05) is 0 Å². The third-order valence-corrected chi connectivity index (χ3v) is 4.51. The molecule has 1 saturated carbocycles. The number of aromatic nitrogens is 3. The van der Waals surface area contributed by atoms with Crippen LogP contribution in [-0.2, 0) is 0 Å². The standard InChI is InChI=1S/C17H22N4O3/c22-15(18-13-6-4-2-1-3-5-7-13)12-8-10-14(11-9-12)21-16(23)19-20-17(21)24/h8-11,13H,1-7H2,(H,18,22)(H,19,23)(H,20,24). The van der Waals surface area contributed by atoms with Crippen LogP contribution in [0.15, 0.2) is 33.9 Å². The number of carbonyl (C=O) groups excluding carboxylic acids is 1. The van der Waals surface area contributed by atoms with Crippen molar-refractivity contribution in [3.63, 3.8) is 0 Å².